The van der Waals surface area contributed by atoms with Crippen LogP contribution in [-0.2, 0) is 14.8 Å². The predicted octanol–water partition coefficient (Wildman–Crippen LogP) is 2.35. The molecule has 1 aliphatic heterocycles. The second-order valence-electron chi connectivity index (χ2n) is 6.40. The number of carboxylic acid groups (broad SMARTS) is 1. The zero-order valence-corrected chi connectivity index (χ0v) is 15.5. The quantitative estimate of drug-likeness (QED) is 0.845. The zero-order valence-electron chi connectivity index (χ0n) is 14.7. The SMILES string of the molecule is O=C(O)C(c1ccc(F)cc1)N1CCCN(S(=O)(=O)c2ccccc2)CC1. The zero-order chi connectivity index (χ0) is 19.4. The Morgan fingerprint density at radius 2 is 1.63 bits per heavy atom. The highest BCUT2D eigenvalue weighted by Crippen LogP contribution is 2.25. The molecule has 1 saturated heterocycles. The molecule has 1 aliphatic rings. The molecule has 0 aliphatic carbocycles. The lowest BCUT2D eigenvalue weighted by Crippen LogP contribution is -2.38. The van der Waals surface area contributed by atoms with Crippen LogP contribution in [0.3, 0.4) is 0 Å². The normalized spacial score (nSPS) is 18.0. The van der Waals surface area contributed by atoms with Crippen LogP contribution in [0.1, 0.15) is 18.0 Å². The maximum absolute atomic E-state index is 13.2. The largest absolute Gasteiger partial charge is 0.480 e. The molecule has 1 fully saturated rings. The van der Waals surface area contributed by atoms with Gasteiger partial charge in [-0.3, -0.25) is 9.69 Å². The molecule has 0 spiro atoms. The highest BCUT2D eigenvalue weighted by atomic mass is 32.2. The van der Waals surface area contributed by atoms with Crippen molar-refractivity contribution >= 4 is 16.0 Å². The van der Waals surface area contributed by atoms with Crippen LogP contribution >= 0.6 is 0 Å². The van der Waals surface area contributed by atoms with Crippen molar-refractivity contribution in [2.75, 3.05) is 26.2 Å². The number of carbonyl (C=O) groups is 1. The van der Waals surface area contributed by atoms with Crippen LogP contribution in [0.25, 0.3) is 0 Å². The van der Waals surface area contributed by atoms with E-state index in [4.69, 9.17) is 0 Å². The van der Waals surface area contributed by atoms with E-state index >= 15 is 0 Å². The maximum Gasteiger partial charge on any atom is 0.325 e. The van der Waals surface area contributed by atoms with Gasteiger partial charge in [0.25, 0.3) is 0 Å². The number of benzene rings is 2. The number of nitrogens with zero attached hydrogens (tertiary/aromatic N) is 2. The van der Waals surface area contributed by atoms with Gasteiger partial charge in [0.05, 0.1) is 4.90 Å². The van der Waals surface area contributed by atoms with Gasteiger partial charge in [0.1, 0.15) is 11.9 Å². The fourth-order valence-corrected chi connectivity index (χ4v) is 4.80. The van der Waals surface area contributed by atoms with Gasteiger partial charge in [-0.05, 0) is 36.2 Å². The van der Waals surface area contributed by atoms with Gasteiger partial charge in [0.2, 0.25) is 10.0 Å². The molecule has 6 nitrogen and oxygen atoms in total. The average molecular weight is 392 g/mol. The van der Waals surface area contributed by atoms with Gasteiger partial charge in [-0.2, -0.15) is 4.31 Å². The summed E-state index contributed by atoms with van der Waals surface area (Å²) in [6.07, 6.45) is 0.511. The van der Waals surface area contributed by atoms with Crippen molar-refractivity contribution in [2.45, 2.75) is 17.4 Å². The van der Waals surface area contributed by atoms with E-state index in [-0.39, 0.29) is 18.0 Å². The smallest absolute Gasteiger partial charge is 0.325 e. The summed E-state index contributed by atoms with van der Waals surface area (Å²) < 4.78 is 40.2. The Kier molecular flexibility index (Phi) is 5.88. The molecule has 2 aromatic rings. The molecule has 1 heterocycles. The van der Waals surface area contributed by atoms with E-state index in [1.54, 1.807) is 35.2 Å². The van der Waals surface area contributed by atoms with Crippen molar-refractivity contribution < 1.29 is 22.7 Å². The molecule has 0 radical (unpaired) electrons. The number of sulfonamides is 1. The molecule has 1 atom stereocenters. The Labute approximate surface area is 157 Å². The second kappa shape index (κ2) is 8.16. The van der Waals surface area contributed by atoms with Gasteiger partial charge >= 0.3 is 5.97 Å². The summed E-state index contributed by atoms with van der Waals surface area (Å²) in [6.45, 7) is 1.24. The lowest BCUT2D eigenvalue weighted by atomic mass is 10.1. The summed E-state index contributed by atoms with van der Waals surface area (Å²) in [5, 5.41) is 9.68. The number of rotatable bonds is 5. The van der Waals surface area contributed by atoms with Crippen molar-refractivity contribution in [1.82, 2.24) is 9.21 Å². The van der Waals surface area contributed by atoms with E-state index in [0.717, 1.165) is 0 Å². The molecule has 0 saturated carbocycles. The number of aliphatic carboxylic acids is 1. The lowest BCUT2D eigenvalue weighted by molar-refractivity contribution is -0.143. The minimum atomic E-state index is -3.62. The lowest BCUT2D eigenvalue weighted by Gasteiger charge is -2.27. The van der Waals surface area contributed by atoms with Crippen LogP contribution < -0.4 is 0 Å². The highest BCUT2D eigenvalue weighted by molar-refractivity contribution is 7.89. The fourth-order valence-electron chi connectivity index (χ4n) is 3.31. The van der Waals surface area contributed by atoms with Gasteiger partial charge in [0, 0.05) is 26.2 Å². The summed E-state index contributed by atoms with van der Waals surface area (Å²) in [5.74, 6) is -1.47. The van der Waals surface area contributed by atoms with Crippen LogP contribution in [0.4, 0.5) is 4.39 Å². The summed E-state index contributed by atoms with van der Waals surface area (Å²) in [5.41, 5.74) is 0.475. The molecule has 8 heteroatoms. The molecule has 1 N–H and O–H groups in total. The fraction of sp³-hybridized carbons (Fsp3) is 0.316. The summed E-state index contributed by atoms with van der Waals surface area (Å²) >= 11 is 0. The standard InChI is InChI=1S/C19H21FN2O4S/c20-16-9-7-15(8-10-16)18(19(23)24)21-11-4-12-22(14-13-21)27(25,26)17-5-2-1-3-6-17/h1-3,5-10,18H,4,11-14H2,(H,23,24). The molecule has 2 aromatic carbocycles. The van der Waals surface area contributed by atoms with Crippen LogP contribution in [0, 0.1) is 5.82 Å². The molecule has 144 valence electrons. The number of hydrogen-bond donors (Lipinski definition) is 1. The average Bonchev–Trinajstić information content (AvgIpc) is 2.91. The minimum absolute atomic E-state index is 0.197. The maximum atomic E-state index is 13.2. The van der Waals surface area contributed by atoms with E-state index in [2.05, 4.69) is 0 Å². The molecular weight excluding hydrogens is 371 g/mol. The van der Waals surface area contributed by atoms with E-state index in [9.17, 15) is 22.7 Å². The molecule has 0 aromatic heterocycles. The molecule has 0 amide bonds. The number of carboxylic acids is 1. The number of halogens is 1. The Hall–Kier alpha value is -2.29. The van der Waals surface area contributed by atoms with Crippen molar-refractivity contribution in [2.24, 2.45) is 0 Å². The van der Waals surface area contributed by atoms with E-state index in [0.29, 0.717) is 25.1 Å². The Morgan fingerprint density at radius 1 is 0.963 bits per heavy atom. The summed E-state index contributed by atoms with van der Waals surface area (Å²) in [7, 11) is -3.62. The van der Waals surface area contributed by atoms with E-state index in [1.807, 2.05) is 0 Å². The van der Waals surface area contributed by atoms with Crippen LogP contribution in [-0.4, -0.2) is 54.9 Å². The first-order chi connectivity index (χ1) is 12.9. The van der Waals surface area contributed by atoms with Gasteiger partial charge in [-0.15, -0.1) is 0 Å². The van der Waals surface area contributed by atoms with Crippen molar-refractivity contribution in [1.29, 1.82) is 0 Å². The van der Waals surface area contributed by atoms with E-state index in [1.165, 1.54) is 28.6 Å². The van der Waals surface area contributed by atoms with Gasteiger partial charge in [-0.1, -0.05) is 30.3 Å². The predicted molar refractivity (Wildman–Crippen MR) is 98.2 cm³/mol. The molecule has 1 unspecified atom stereocenters. The minimum Gasteiger partial charge on any atom is -0.480 e. The molecule has 27 heavy (non-hydrogen) atoms. The Bertz CT molecular complexity index is 888. The van der Waals surface area contributed by atoms with Crippen LogP contribution in [0.5, 0.6) is 0 Å². The highest BCUT2D eigenvalue weighted by Gasteiger charge is 2.32. The van der Waals surface area contributed by atoms with E-state index < -0.39 is 27.9 Å². The monoisotopic (exact) mass is 392 g/mol. The number of hydrogen-bond acceptors (Lipinski definition) is 4. The molecule has 0 bridgehead atoms. The van der Waals surface area contributed by atoms with Crippen LogP contribution in [0.15, 0.2) is 59.5 Å². The summed E-state index contributed by atoms with van der Waals surface area (Å²) in [4.78, 5) is 13.8. The van der Waals surface area contributed by atoms with Crippen molar-refractivity contribution in [3.05, 3.63) is 66.0 Å². The Balaban J connectivity index is 1.79. The van der Waals surface area contributed by atoms with Gasteiger partial charge in [-0.25, -0.2) is 12.8 Å². The first-order valence-electron chi connectivity index (χ1n) is 8.67. The molecular formula is C19H21FN2O4S. The van der Waals surface area contributed by atoms with Gasteiger partial charge in [0.15, 0.2) is 0 Å². The van der Waals surface area contributed by atoms with Crippen molar-refractivity contribution in [3.63, 3.8) is 0 Å². The summed E-state index contributed by atoms with van der Waals surface area (Å²) in [6, 6.07) is 12.6. The third-order valence-corrected chi connectivity index (χ3v) is 6.57. The van der Waals surface area contributed by atoms with Crippen LogP contribution in [0.2, 0.25) is 0 Å². The first-order valence-corrected chi connectivity index (χ1v) is 10.1. The van der Waals surface area contributed by atoms with Crippen molar-refractivity contribution in [3.8, 4) is 0 Å². The second-order valence-corrected chi connectivity index (χ2v) is 8.34. The molecule has 3 rings (SSSR count). The first kappa shape index (κ1) is 19.5. The topological polar surface area (TPSA) is 77.9 Å². The Morgan fingerprint density at radius 3 is 2.26 bits per heavy atom. The third kappa shape index (κ3) is 4.35. The van der Waals surface area contributed by atoms with Gasteiger partial charge < -0.3 is 5.11 Å². The third-order valence-electron chi connectivity index (χ3n) is 4.66.